The molecule has 8 heteroatoms. The van der Waals surface area contributed by atoms with Crippen LogP contribution in [-0.4, -0.2) is 29.8 Å². The fourth-order valence-electron chi connectivity index (χ4n) is 2.11. The lowest BCUT2D eigenvalue weighted by atomic mass is 9.97. The smallest absolute Gasteiger partial charge is 0.438 e. The lowest BCUT2D eigenvalue weighted by Gasteiger charge is -2.27. The van der Waals surface area contributed by atoms with Crippen molar-refractivity contribution in [3.05, 3.63) is 70.3 Å². The average Bonchev–Trinajstić information content (AvgIpc) is 2.62. The van der Waals surface area contributed by atoms with Crippen LogP contribution in [0.15, 0.2) is 54.6 Å². The number of carbonyl (C=O) groups excluding carboxylic acids is 1. The molecule has 0 heterocycles. The fraction of sp³-hybridized carbons (Fsp3) is 0.235. The van der Waals surface area contributed by atoms with Crippen molar-refractivity contribution >= 4 is 17.5 Å². The van der Waals surface area contributed by atoms with Crippen LogP contribution in [0.25, 0.3) is 0 Å². The van der Waals surface area contributed by atoms with Crippen LogP contribution in [0.5, 0.6) is 0 Å². The number of benzene rings is 2. The summed E-state index contributed by atoms with van der Waals surface area (Å²) in [6.07, 6.45) is -0.763. The van der Waals surface area contributed by atoms with Crippen LogP contribution in [-0.2, 0) is 15.2 Å². The van der Waals surface area contributed by atoms with Gasteiger partial charge >= 0.3 is 6.09 Å². The van der Waals surface area contributed by atoms with Gasteiger partial charge in [0.1, 0.15) is 12.2 Å². The Morgan fingerprint density at radius 1 is 1.24 bits per heavy atom. The topological polar surface area (TPSA) is 102 Å². The Morgan fingerprint density at radius 2 is 1.92 bits per heavy atom. The Morgan fingerprint density at radius 3 is 2.52 bits per heavy atom. The standard InChI is InChI=1S/C17H18N2O6/c1-17(21,13-7-6-10-15(11-13)19(22)23)12-25-18(16(20)24-2)14-8-4-3-5-9-14/h3-11,21H,12H2,1-2H3. The van der Waals surface area contributed by atoms with Crippen molar-refractivity contribution in [2.45, 2.75) is 12.5 Å². The number of anilines is 1. The maximum atomic E-state index is 11.9. The molecule has 8 nitrogen and oxygen atoms in total. The minimum Gasteiger partial charge on any atom is -0.451 e. The molecular formula is C17H18N2O6. The van der Waals surface area contributed by atoms with Gasteiger partial charge in [0.15, 0.2) is 0 Å². The molecule has 0 aliphatic rings. The van der Waals surface area contributed by atoms with E-state index in [1.54, 1.807) is 36.4 Å². The number of nitro benzene ring substituents is 1. The Bertz CT molecular complexity index is 748. The summed E-state index contributed by atoms with van der Waals surface area (Å²) in [7, 11) is 1.21. The van der Waals surface area contributed by atoms with Gasteiger partial charge in [0.05, 0.1) is 17.7 Å². The molecule has 25 heavy (non-hydrogen) atoms. The zero-order valence-corrected chi connectivity index (χ0v) is 13.8. The van der Waals surface area contributed by atoms with Gasteiger partial charge in [-0.25, -0.2) is 4.79 Å². The monoisotopic (exact) mass is 346 g/mol. The lowest BCUT2D eigenvalue weighted by molar-refractivity contribution is -0.385. The Labute approximate surface area is 144 Å². The molecule has 0 radical (unpaired) electrons. The van der Waals surface area contributed by atoms with E-state index >= 15 is 0 Å². The minimum absolute atomic E-state index is 0.148. The molecule has 0 saturated heterocycles. The van der Waals surface area contributed by atoms with E-state index in [-0.39, 0.29) is 12.3 Å². The number of rotatable bonds is 6. The summed E-state index contributed by atoms with van der Waals surface area (Å²) < 4.78 is 4.68. The number of carbonyl (C=O) groups is 1. The maximum Gasteiger partial charge on any atom is 0.438 e. The number of aliphatic hydroxyl groups is 1. The molecule has 1 unspecified atom stereocenters. The Hall–Kier alpha value is -2.97. The molecule has 0 aliphatic heterocycles. The van der Waals surface area contributed by atoms with Gasteiger partial charge in [-0.1, -0.05) is 30.3 Å². The Balaban J connectivity index is 2.19. The average molecular weight is 346 g/mol. The Kier molecular flexibility index (Phi) is 5.68. The number of methoxy groups -OCH3 is 1. The summed E-state index contributed by atoms with van der Waals surface area (Å²) in [6.45, 7) is 1.12. The largest absolute Gasteiger partial charge is 0.451 e. The number of nitro groups is 1. The minimum atomic E-state index is -1.56. The highest BCUT2D eigenvalue weighted by atomic mass is 16.7. The highest BCUT2D eigenvalue weighted by Gasteiger charge is 2.28. The number of hydrogen-bond acceptors (Lipinski definition) is 6. The number of ether oxygens (including phenoxy) is 1. The van der Waals surface area contributed by atoms with E-state index in [0.29, 0.717) is 11.3 Å². The number of non-ortho nitro benzene ring substituents is 1. The van der Waals surface area contributed by atoms with Crippen molar-refractivity contribution in [3.8, 4) is 0 Å². The predicted octanol–water partition coefficient (Wildman–Crippen LogP) is 3.01. The molecule has 1 amide bonds. The second-order valence-electron chi connectivity index (χ2n) is 5.45. The van der Waals surface area contributed by atoms with Gasteiger partial charge in [-0.3, -0.25) is 15.0 Å². The summed E-state index contributed by atoms with van der Waals surface area (Å²) in [6, 6.07) is 14.1. The van der Waals surface area contributed by atoms with Crippen LogP contribution in [0.1, 0.15) is 12.5 Å². The second kappa shape index (κ2) is 7.73. The highest BCUT2D eigenvalue weighted by Crippen LogP contribution is 2.26. The van der Waals surface area contributed by atoms with Crippen LogP contribution in [0, 0.1) is 10.1 Å². The van der Waals surface area contributed by atoms with Crippen molar-refractivity contribution in [1.82, 2.24) is 0 Å². The first-order valence-electron chi connectivity index (χ1n) is 7.38. The summed E-state index contributed by atoms with van der Waals surface area (Å²) >= 11 is 0. The van der Waals surface area contributed by atoms with Gasteiger partial charge in [0.25, 0.3) is 5.69 Å². The van der Waals surface area contributed by atoms with Crippen molar-refractivity contribution in [1.29, 1.82) is 0 Å². The number of hydroxylamine groups is 1. The van der Waals surface area contributed by atoms with E-state index in [0.717, 1.165) is 5.06 Å². The maximum absolute atomic E-state index is 11.9. The molecule has 132 valence electrons. The lowest BCUT2D eigenvalue weighted by Crippen LogP contribution is -2.37. The quantitative estimate of drug-likeness (QED) is 0.637. The van der Waals surface area contributed by atoms with Crippen molar-refractivity contribution in [2.75, 3.05) is 18.8 Å². The van der Waals surface area contributed by atoms with E-state index in [4.69, 9.17) is 4.84 Å². The van der Waals surface area contributed by atoms with E-state index in [9.17, 15) is 20.0 Å². The molecule has 0 bridgehead atoms. The van der Waals surface area contributed by atoms with E-state index in [1.807, 2.05) is 0 Å². The number of amides is 1. The van der Waals surface area contributed by atoms with Gasteiger partial charge in [-0.2, -0.15) is 5.06 Å². The summed E-state index contributed by atoms with van der Waals surface area (Å²) in [5, 5.41) is 22.4. The van der Waals surface area contributed by atoms with Crippen molar-refractivity contribution in [2.24, 2.45) is 0 Å². The first kappa shape index (κ1) is 18.4. The second-order valence-corrected chi connectivity index (χ2v) is 5.45. The van der Waals surface area contributed by atoms with Crippen LogP contribution < -0.4 is 5.06 Å². The first-order chi connectivity index (χ1) is 11.8. The zero-order valence-electron chi connectivity index (χ0n) is 13.8. The van der Waals surface area contributed by atoms with Gasteiger partial charge in [-0.15, -0.1) is 0 Å². The van der Waals surface area contributed by atoms with Gasteiger partial charge in [0.2, 0.25) is 0 Å². The molecule has 0 aliphatic carbocycles. The van der Waals surface area contributed by atoms with Crippen LogP contribution in [0.4, 0.5) is 16.2 Å². The molecule has 1 atom stereocenters. The summed E-state index contributed by atoms with van der Waals surface area (Å²) in [5.41, 5.74) is -0.998. The normalized spacial score (nSPS) is 12.9. The van der Waals surface area contributed by atoms with Crippen molar-refractivity contribution < 1.29 is 24.4 Å². The molecule has 0 aromatic heterocycles. The highest BCUT2D eigenvalue weighted by molar-refractivity contribution is 5.85. The van der Waals surface area contributed by atoms with Crippen LogP contribution in [0.3, 0.4) is 0 Å². The van der Waals surface area contributed by atoms with Crippen LogP contribution in [0.2, 0.25) is 0 Å². The summed E-state index contributed by atoms with van der Waals surface area (Å²) in [5.74, 6) is 0. The predicted molar refractivity (Wildman–Crippen MR) is 89.9 cm³/mol. The third-order valence-electron chi connectivity index (χ3n) is 3.48. The third kappa shape index (κ3) is 4.52. The van der Waals surface area contributed by atoms with E-state index in [1.165, 1.54) is 32.2 Å². The van der Waals surface area contributed by atoms with Gasteiger partial charge < -0.3 is 9.84 Å². The first-order valence-corrected chi connectivity index (χ1v) is 7.38. The fourth-order valence-corrected chi connectivity index (χ4v) is 2.11. The van der Waals surface area contributed by atoms with Gasteiger partial charge in [0, 0.05) is 12.1 Å². The van der Waals surface area contributed by atoms with Crippen LogP contribution >= 0.6 is 0 Å². The van der Waals surface area contributed by atoms with E-state index < -0.39 is 16.6 Å². The van der Waals surface area contributed by atoms with Gasteiger partial charge in [-0.05, 0) is 24.6 Å². The number of hydrogen-bond donors (Lipinski definition) is 1. The molecule has 2 rings (SSSR count). The molecule has 2 aromatic carbocycles. The van der Waals surface area contributed by atoms with E-state index in [2.05, 4.69) is 4.74 Å². The molecule has 0 saturated carbocycles. The zero-order chi connectivity index (χ0) is 18.4. The molecule has 0 spiro atoms. The van der Waals surface area contributed by atoms with Crippen molar-refractivity contribution in [3.63, 3.8) is 0 Å². The SMILES string of the molecule is COC(=O)N(OCC(C)(O)c1cccc([N+](=O)[O-])c1)c1ccccc1. The third-order valence-corrected chi connectivity index (χ3v) is 3.48. The molecule has 1 N–H and O–H groups in total. The molecule has 0 fully saturated rings. The number of nitrogens with zero attached hydrogens (tertiary/aromatic N) is 2. The molecular weight excluding hydrogens is 328 g/mol. The summed E-state index contributed by atoms with van der Waals surface area (Å²) in [4.78, 5) is 27.7. The number of para-hydroxylation sites is 1. The molecule has 2 aromatic rings.